The molecule has 0 aromatic carbocycles. The van der Waals surface area contributed by atoms with E-state index in [1.807, 2.05) is 18.3 Å². The van der Waals surface area contributed by atoms with E-state index in [9.17, 15) is 0 Å². The largest absolute Gasteiger partial charge is 0.489 e. The fourth-order valence-corrected chi connectivity index (χ4v) is 1.44. The second-order valence-corrected chi connectivity index (χ2v) is 4.48. The van der Waals surface area contributed by atoms with Crippen LogP contribution in [-0.4, -0.2) is 17.1 Å². The zero-order valence-electron chi connectivity index (χ0n) is 10.1. The van der Waals surface area contributed by atoms with Gasteiger partial charge in [-0.2, -0.15) is 0 Å². The van der Waals surface area contributed by atoms with Gasteiger partial charge in [-0.15, -0.1) is 0 Å². The highest BCUT2D eigenvalue weighted by molar-refractivity contribution is 5.20. The Balaban J connectivity index is 1.82. The quantitative estimate of drug-likeness (QED) is 0.800. The molecule has 2 rings (SSSR count). The molecule has 16 heavy (non-hydrogen) atoms. The average Bonchev–Trinajstić information content (AvgIpc) is 3.12. The molecule has 1 N–H and O–H groups in total. The summed E-state index contributed by atoms with van der Waals surface area (Å²) in [5, 5.41) is 3.44. The van der Waals surface area contributed by atoms with Crippen molar-refractivity contribution in [1.29, 1.82) is 0 Å². The third kappa shape index (κ3) is 3.49. The minimum atomic E-state index is 0.261. The van der Waals surface area contributed by atoms with Crippen LogP contribution in [0.2, 0.25) is 0 Å². The van der Waals surface area contributed by atoms with E-state index < -0.39 is 0 Å². The van der Waals surface area contributed by atoms with Gasteiger partial charge in [-0.3, -0.25) is 4.98 Å². The van der Waals surface area contributed by atoms with Crippen LogP contribution in [-0.2, 0) is 6.54 Å². The summed E-state index contributed by atoms with van der Waals surface area (Å²) in [5.41, 5.74) is 1.09. The third-order valence-corrected chi connectivity index (χ3v) is 2.86. The maximum absolute atomic E-state index is 5.67. The number of nitrogens with zero attached hydrogens (tertiary/aromatic N) is 1. The molecule has 3 nitrogen and oxygen atoms in total. The van der Waals surface area contributed by atoms with E-state index in [2.05, 4.69) is 24.1 Å². The lowest BCUT2D eigenvalue weighted by Gasteiger charge is -2.12. The monoisotopic (exact) mass is 220 g/mol. The second kappa shape index (κ2) is 5.30. The summed E-state index contributed by atoms with van der Waals surface area (Å²) < 4.78 is 5.67. The lowest BCUT2D eigenvalue weighted by molar-refractivity contribution is 0.216. The first-order chi connectivity index (χ1) is 7.78. The summed E-state index contributed by atoms with van der Waals surface area (Å²) in [4.78, 5) is 4.38. The number of rotatable bonds is 6. The molecule has 88 valence electrons. The van der Waals surface area contributed by atoms with Crippen molar-refractivity contribution in [2.24, 2.45) is 0 Å². The van der Waals surface area contributed by atoms with E-state index in [-0.39, 0.29) is 6.10 Å². The van der Waals surface area contributed by atoms with Gasteiger partial charge in [0.1, 0.15) is 5.75 Å². The maximum atomic E-state index is 5.67. The summed E-state index contributed by atoms with van der Waals surface area (Å²) in [6.45, 7) is 5.06. The Morgan fingerprint density at radius 3 is 2.88 bits per heavy atom. The van der Waals surface area contributed by atoms with Crippen LogP contribution in [0.3, 0.4) is 0 Å². The maximum Gasteiger partial charge on any atom is 0.138 e. The first kappa shape index (κ1) is 11.4. The van der Waals surface area contributed by atoms with Crippen LogP contribution in [0.1, 0.15) is 38.8 Å². The number of pyridine rings is 1. The SMILES string of the molecule is CCC(C)Oc1ccc(CNC2CC2)nc1. The Morgan fingerprint density at radius 2 is 2.31 bits per heavy atom. The van der Waals surface area contributed by atoms with Crippen LogP contribution in [0.25, 0.3) is 0 Å². The predicted octanol–water partition coefficient (Wildman–Crippen LogP) is 2.51. The molecule has 0 spiro atoms. The fourth-order valence-electron chi connectivity index (χ4n) is 1.44. The molecule has 1 fully saturated rings. The average molecular weight is 220 g/mol. The normalized spacial score (nSPS) is 17.1. The third-order valence-electron chi connectivity index (χ3n) is 2.86. The lowest BCUT2D eigenvalue weighted by Crippen LogP contribution is -2.16. The van der Waals surface area contributed by atoms with Gasteiger partial charge < -0.3 is 10.1 Å². The molecular weight excluding hydrogens is 200 g/mol. The smallest absolute Gasteiger partial charge is 0.138 e. The van der Waals surface area contributed by atoms with Crippen LogP contribution < -0.4 is 10.1 Å². The highest BCUT2D eigenvalue weighted by Gasteiger charge is 2.20. The van der Waals surface area contributed by atoms with Crippen molar-refractivity contribution in [3.63, 3.8) is 0 Å². The second-order valence-electron chi connectivity index (χ2n) is 4.48. The summed E-state index contributed by atoms with van der Waals surface area (Å²) in [6.07, 6.45) is 5.73. The first-order valence-corrected chi connectivity index (χ1v) is 6.13. The van der Waals surface area contributed by atoms with Gasteiger partial charge in [0.05, 0.1) is 18.0 Å². The van der Waals surface area contributed by atoms with Crippen molar-refractivity contribution in [2.75, 3.05) is 0 Å². The number of hydrogen-bond acceptors (Lipinski definition) is 3. The summed E-state index contributed by atoms with van der Waals surface area (Å²) in [7, 11) is 0. The Morgan fingerprint density at radius 1 is 1.50 bits per heavy atom. The lowest BCUT2D eigenvalue weighted by atomic mass is 10.3. The van der Waals surface area contributed by atoms with Crippen molar-refractivity contribution < 1.29 is 4.74 Å². The van der Waals surface area contributed by atoms with E-state index in [0.29, 0.717) is 0 Å². The van der Waals surface area contributed by atoms with E-state index in [4.69, 9.17) is 4.74 Å². The van der Waals surface area contributed by atoms with E-state index in [1.165, 1.54) is 12.8 Å². The number of hydrogen-bond donors (Lipinski definition) is 1. The van der Waals surface area contributed by atoms with E-state index in [1.54, 1.807) is 0 Å². The molecule has 1 aliphatic carbocycles. The van der Waals surface area contributed by atoms with Crippen LogP contribution in [0.4, 0.5) is 0 Å². The fraction of sp³-hybridized carbons (Fsp3) is 0.615. The number of aromatic nitrogens is 1. The van der Waals surface area contributed by atoms with Crippen LogP contribution in [0.5, 0.6) is 5.75 Å². The van der Waals surface area contributed by atoms with Gasteiger partial charge in [0.25, 0.3) is 0 Å². The molecule has 1 saturated carbocycles. The summed E-state index contributed by atoms with van der Waals surface area (Å²) in [5.74, 6) is 0.865. The van der Waals surface area contributed by atoms with Crippen LogP contribution >= 0.6 is 0 Å². The highest BCUT2D eigenvalue weighted by atomic mass is 16.5. The molecule has 1 heterocycles. The molecule has 1 atom stereocenters. The molecule has 0 aliphatic heterocycles. The molecule has 1 aromatic heterocycles. The molecule has 1 unspecified atom stereocenters. The van der Waals surface area contributed by atoms with E-state index >= 15 is 0 Å². The van der Waals surface area contributed by atoms with Gasteiger partial charge in [0.2, 0.25) is 0 Å². The molecule has 1 aromatic rings. The van der Waals surface area contributed by atoms with Crippen molar-refractivity contribution in [3.8, 4) is 5.75 Å². The first-order valence-electron chi connectivity index (χ1n) is 6.13. The van der Waals surface area contributed by atoms with Crippen LogP contribution in [0, 0.1) is 0 Å². The molecular formula is C13H20N2O. The standard InChI is InChI=1S/C13H20N2O/c1-3-10(2)16-13-7-6-12(15-9-13)8-14-11-4-5-11/h6-7,9-11,14H,3-5,8H2,1-2H3. The molecule has 0 amide bonds. The van der Waals surface area contributed by atoms with Gasteiger partial charge in [-0.05, 0) is 38.3 Å². The van der Waals surface area contributed by atoms with Crippen LogP contribution in [0.15, 0.2) is 18.3 Å². The Hall–Kier alpha value is -1.09. The van der Waals surface area contributed by atoms with Crippen molar-refractivity contribution >= 4 is 0 Å². The number of ether oxygens (including phenoxy) is 1. The van der Waals surface area contributed by atoms with Crippen molar-refractivity contribution in [3.05, 3.63) is 24.0 Å². The minimum Gasteiger partial charge on any atom is -0.489 e. The van der Waals surface area contributed by atoms with Crippen molar-refractivity contribution in [2.45, 2.75) is 51.8 Å². The Bertz CT molecular complexity index is 319. The molecule has 0 radical (unpaired) electrons. The van der Waals surface area contributed by atoms with E-state index in [0.717, 1.165) is 30.5 Å². The highest BCUT2D eigenvalue weighted by Crippen LogP contribution is 2.19. The van der Waals surface area contributed by atoms with Gasteiger partial charge in [-0.1, -0.05) is 6.92 Å². The molecule has 1 aliphatic rings. The summed E-state index contributed by atoms with van der Waals surface area (Å²) >= 11 is 0. The molecule has 0 bridgehead atoms. The zero-order valence-corrected chi connectivity index (χ0v) is 10.1. The number of nitrogens with one attached hydrogen (secondary N) is 1. The molecule has 0 saturated heterocycles. The minimum absolute atomic E-state index is 0.261. The van der Waals surface area contributed by atoms with Gasteiger partial charge in [0, 0.05) is 12.6 Å². The summed E-state index contributed by atoms with van der Waals surface area (Å²) in [6, 6.07) is 4.77. The predicted molar refractivity (Wildman–Crippen MR) is 64.5 cm³/mol. The van der Waals surface area contributed by atoms with Crippen molar-refractivity contribution in [1.82, 2.24) is 10.3 Å². The van der Waals surface area contributed by atoms with Gasteiger partial charge in [0.15, 0.2) is 0 Å². The van der Waals surface area contributed by atoms with Gasteiger partial charge >= 0.3 is 0 Å². The molecule has 3 heteroatoms. The Labute approximate surface area is 97.2 Å². The Kier molecular flexibility index (Phi) is 3.78. The zero-order chi connectivity index (χ0) is 11.4. The van der Waals surface area contributed by atoms with Gasteiger partial charge in [-0.25, -0.2) is 0 Å². The topological polar surface area (TPSA) is 34.1 Å².